The Labute approximate surface area is 163 Å². The molecule has 1 amide bonds. The number of alkyl halides is 1. The Morgan fingerprint density at radius 3 is 2.71 bits per heavy atom. The molecule has 2 atom stereocenters. The predicted octanol–water partition coefficient (Wildman–Crippen LogP) is 0.427. The molecule has 2 heterocycles. The van der Waals surface area contributed by atoms with Crippen molar-refractivity contribution in [2.75, 3.05) is 20.6 Å². The first kappa shape index (κ1) is 20.4. The zero-order chi connectivity index (χ0) is 20.3. The summed E-state index contributed by atoms with van der Waals surface area (Å²) in [6, 6.07) is 8.84. The molecule has 0 bridgehead atoms. The number of hydrogen-bond donors (Lipinski definition) is 1. The smallest absolute Gasteiger partial charge is 0.281 e. The molecule has 0 radical (unpaired) electrons. The fourth-order valence-electron chi connectivity index (χ4n) is 3.07. The summed E-state index contributed by atoms with van der Waals surface area (Å²) in [5.41, 5.74) is 1.07. The van der Waals surface area contributed by atoms with Crippen LogP contribution in [0.3, 0.4) is 0 Å². The monoisotopic (exact) mass is 410 g/mol. The maximum absolute atomic E-state index is 13.9. The summed E-state index contributed by atoms with van der Waals surface area (Å²) >= 11 is 0. The van der Waals surface area contributed by atoms with Crippen LogP contribution in [0.25, 0.3) is 0 Å². The van der Waals surface area contributed by atoms with Crippen molar-refractivity contribution in [2.45, 2.75) is 31.7 Å². The fourth-order valence-corrected chi connectivity index (χ4v) is 4.37. The molecule has 1 fully saturated rings. The molecule has 152 valence electrons. The van der Waals surface area contributed by atoms with Crippen molar-refractivity contribution < 1.29 is 17.6 Å². The average molecular weight is 410 g/mol. The largest absolute Gasteiger partial charge is 0.347 e. The first-order valence-electron chi connectivity index (χ1n) is 8.83. The fraction of sp³-hybridized carbons (Fsp3) is 0.471. The van der Waals surface area contributed by atoms with Crippen molar-refractivity contribution >= 4 is 16.1 Å². The van der Waals surface area contributed by atoms with Crippen molar-refractivity contribution in [2.24, 2.45) is 0 Å². The third-order valence-corrected chi connectivity index (χ3v) is 6.50. The summed E-state index contributed by atoms with van der Waals surface area (Å²) in [5, 5.41) is 10.5. The Morgan fingerprint density at radius 1 is 1.32 bits per heavy atom. The number of halogens is 1. The molecule has 9 nitrogen and oxygen atoms in total. The van der Waals surface area contributed by atoms with Crippen LogP contribution in [0.5, 0.6) is 0 Å². The first-order chi connectivity index (χ1) is 13.3. The summed E-state index contributed by atoms with van der Waals surface area (Å²) in [6.07, 6.45) is 0.270. The third-order valence-electron chi connectivity index (χ3n) is 4.54. The van der Waals surface area contributed by atoms with E-state index in [0.717, 1.165) is 14.2 Å². The van der Waals surface area contributed by atoms with E-state index in [1.807, 2.05) is 30.3 Å². The number of carbonyl (C=O) groups excluding carboxylic acids is 1. The molecule has 2 aromatic rings. The van der Waals surface area contributed by atoms with Gasteiger partial charge >= 0.3 is 0 Å². The predicted molar refractivity (Wildman–Crippen MR) is 100 cm³/mol. The van der Waals surface area contributed by atoms with Gasteiger partial charge in [0.05, 0.1) is 12.7 Å². The maximum Gasteiger partial charge on any atom is 0.281 e. The number of carbonyl (C=O) groups is 1. The van der Waals surface area contributed by atoms with Crippen molar-refractivity contribution in [3.05, 3.63) is 47.8 Å². The third kappa shape index (κ3) is 4.54. The van der Waals surface area contributed by atoms with E-state index in [4.69, 9.17) is 0 Å². The number of amides is 1. The van der Waals surface area contributed by atoms with Crippen LogP contribution in [0.1, 0.15) is 22.5 Å². The minimum absolute atomic E-state index is 0.0719. The van der Waals surface area contributed by atoms with Crippen LogP contribution in [0.15, 0.2) is 36.5 Å². The molecule has 11 heteroatoms. The lowest BCUT2D eigenvalue weighted by Crippen LogP contribution is -2.44. The number of nitrogens with zero attached hydrogens (tertiary/aromatic N) is 5. The Hall–Kier alpha value is -2.37. The normalized spacial score (nSPS) is 20.6. The summed E-state index contributed by atoms with van der Waals surface area (Å²) in [4.78, 5) is 12.2. The zero-order valence-corrected chi connectivity index (χ0v) is 16.5. The molecule has 1 aliphatic rings. The van der Waals surface area contributed by atoms with Gasteiger partial charge in [0.15, 0.2) is 5.69 Å². The topological polar surface area (TPSA) is 100 Å². The molecule has 1 aliphatic heterocycles. The minimum Gasteiger partial charge on any atom is -0.347 e. The van der Waals surface area contributed by atoms with E-state index in [-0.39, 0.29) is 31.1 Å². The Bertz CT molecular complexity index is 918. The van der Waals surface area contributed by atoms with Gasteiger partial charge in [-0.3, -0.25) is 9.48 Å². The van der Waals surface area contributed by atoms with Crippen molar-refractivity contribution in [3.8, 4) is 0 Å². The van der Waals surface area contributed by atoms with Crippen LogP contribution >= 0.6 is 0 Å². The van der Waals surface area contributed by atoms with Crippen molar-refractivity contribution in [3.63, 3.8) is 0 Å². The van der Waals surface area contributed by atoms with E-state index in [1.54, 1.807) is 0 Å². The van der Waals surface area contributed by atoms with Gasteiger partial charge in [0.25, 0.3) is 16.1 Å². The molecular formula is C17H23FN6O3S. The van der Waals surface area contributed by atoms with Gasteiger partial charge in [-0.2, -0.15) is 17.0 Å². The molecule has 1 aromatic heterocycles. The quantitative estimate of drug-likeness (QED) is 0.713. The summed E-state index contributed by atoms with van der Waals surface area (Å²) in [6.45, 7) is 0.282. The van der Waals surface area contributed by atoms with Gasteiger partial charge in [-0.05, 0) is 12.0 Å². The van der Waals surface area contributed by atoms with Gasteiger partial charge in [-0.1, -0.05) is 35.5 Å². The van der Waals surface area contributed by atoms with Crippen LogP contribution in [0.4, 0.5) is 4.39 Å². The number of hydrogen-bond acceptors (Lipinski definition) is 5. The number of rotatable bonds is 7. The molecule has 1 N–H and O–H groups in total. The van der Waals surface area contributed by atoms with Crippen LogP contribution in [-0.2, 0) is 23.3 Å². The molecule has 0 aliphatic carbocycles. The van der Waals surface area contributed by atoms with Crippen LogP contribution in [0.2, 0.25) is 0 Å². The Kier molecular flexibility index (Phi) is 6.06. The lowest BCUT2D eigenvalue weighted by Gasteiger charge is -2.26. The SMILES string of the molecule is CN(C)S(=O)(=O)N1C[C@@H](F)C[C@H]1Cn1cc(C(=O)NCc2ccccc2)nn1. The highest BCUT2D eigenvalue weighted by Gasteiger charge is 2.41. The van der Waals surface area contributed by atoms with Gasteiger partial charge in [0, 0.05) is 33.2 Å². The van der Waals surface area contributed by atoms with Crippen molar-refractivity contribution in [1.29, 1.82) is 0 Å². The highest BCUT2D eigenvalue weighted by Crippen LogP contribution is 2.25. The Morgan fingerprint density at radius 2 is 2.04 bits per heavy atom. The molecule has 1 aromatic carbocycles. The molecule has 0 saturated carbocycles. The molecule has 1 saturated heterocycles. The minimum atomic E-state index is -3.74. The van der Waals surface area contributed by atoms with Gasteiger partial charge in [0.1, 0.15) is 6.17 Å². The van der Waals surface area contributed by atoms with Crippen LogP contribution in [-0.4, -0.2) is 70.8 Å². The molecule has 28 heavy (non-hydrogen) atoms. The van der Waals surface area contributed by atoms with Crippen LogP contribution < -0.4 is 5.32 Å². The molecule has 0 unspecified atom stereocenters. The lowest BCUT2D eigenvalue weighted by molar-refractivity contribution is 0.0945. The lowest BCUT2D eigenvalue weighted by atomic mass is 10.2. The van der Waals surface area contributed by atoms with E-state index < -0.39 is 22.4 Å². The summed E-state index contributed by atoms with van der Waals surface area (Å²) in [7, 11) is -0.931. The van der Waals surface area contributed by atoms with Crippen LogP contribution in [0, 0.1) is 0 Å². The molecule has 3 rings (SSSR count). The van der Waals surface area contributed by atoms with E-state index in [9.17, 15) is 17.6 Å². The van der Waals surface area contributed by atoms with E-state index in [0.29, 0.717) is 6.54 Å². The standard InChI is InChI=1S/C17H23FN6O3S/c1-22(2)28(26,27)24-10-14(18)8-15(24)11-23-12-16(20-21-23)17(25)19-9-13-6-4-3-5-7-13/h3-7,12,14-15H,8-11H2,1-2H3,(H,19,25)/t14-,15-/m0/s1. The average Bonchev–Trinajstić information content (AvgIpc) is 3.27. The van der Waals surface area contributed by atoms with E-state index in [2.05, 4.69) is 15.6 Å². The number of nitrogens with one attached hydrogen (secondary N) is 1. The Balaban J connectivity index is 1.64. The van der Waals surface area contributed by atoms with E-state index >= 15 is 0 Å². The first-order valence-corrected chi connectivity index (χ1v) is 10.2. The highest BCUT2D eigenvalue weighted by atomic mass is 32.2. The number of benzene rings is 1. The van der Waals surface area contributed by atoms with Gasteiger partial charge in [-0.25, -0.2) is 4.39 Å². The second-order valence-corrected chi connectivity index (χ2v) is 8.94. The highest BCUT2D eigenvalue weighted by molar-refractivity contribution is 7.86. The summed E-state index contributed by atoms with van der Waals surface area (Å²) in [5.74, 6) is -0.386. The zero-order valence-electron chi connectivity index (χ0n) is 15.7. The molecule has 0 spiro atoms. The maximum atomic E-state index is 13.9. The van der Waals surface area contributed by atoms with Gasteiger partial charge in [-0.15, -0.1) is 5.10 Å². The second kappa shape index (κ2) is 8.33. The molecular weight excluding hydrogens is 387 g/mol. The van der Waals surface area contributed by atoms with Gasteiger partial charge < -0.3 is 5.32 Å². The van der Waals surface area contributed by atoms with Crippen molar-refractivity contribution in [1.82, 2.24) is 28.9 Å². The van der Waals surface area contributed by atoms with Gasteiger partial charge in [0.2, 0.25) is 0 Å². The number of aromatic nitrogens is 3. The second-order valence-electron chi connectivity index (χ2n) is 6.84. The van der Waals surface area contributed by atoms with E-state index in [1.165, 1.54) is 25.0 Å². The summed E-state index contributed by atoms with van der Waals surface area (Å²) < 4.78 is 42.2.